The van der Waals surface area contributed by atoms with Crippen molar-refractivity contribution in [2.75, 3.05) is 6.61 Å². The molecular formula is C13H11IN2O4. The van der Waals surface area contributed by atoms with Gasteiger partial charge in [0.25, 0.3) is 5.56 Å². The fourth-order valence-corrected chi connectivity index (χ4v) is 2.08. The molecule has 0 spiro atoms. The van der Waals surface area contributed by atoms with Gasteiger partial charge in [0.2, 0.25) is 0 Å². The van der Waals surface area contributed by atoms with Gasteiger partial charge in [0.05, 0.1) is 16.4 Å². The molecule has 20 heavy (non-hydrogen) atoms. The molecule has 0 fully saturated rings. The van der Waals surface area contributed by atoms with Crippen molar-refractivity contribution in [2.45, 2.75) is 6.54 Å². The van der Waals surface area contributed by atoms with E-state index in [0.29, 0.717) is 10.1 Å². The van der Waals surface area contributed by atoms with E-state index in [9.17, 15) is 9.59 Å². The Hall–Kier alpha value is -1.90. The topological polar surface area (TPSA) is 81.4 Å². The Balaban J connectivity index is 2.05. The average Bonchev–Trinajstić information content (AvgIpc) is 2.44. The third kappa shape index (κ3) is 3.35. The highest BCUT2D eigenvalue weighted by molar-refractivity contribution is 14.1. The van der Waals surface area contributed by atoms with Gasteiger partial charge in [-0.1, -0.05) is 12.1 Å². The predicted molar refractivity (Wildman–Crippen MR) is 80.1 cm³/mol. The van der Waals surface area contributed by atoms with E-state index < -0.39 is 5.97 Å². The number of aromatic carboxylic acids is 1. The zero-order valence-corrected chi connectivity index (χ0v) is 12.5. The van der Waals surface area contributed by atoms with Gasteiger partial charge in [0.1, 0.15) is 17.9 Å². The first-order valence-corrected chi connectivity index (χ1v) is 6.82. The Morgan fingerprint density at radius 1 is 1.40 bits per heavy atom. The van der Waals surface area contributed by atoms with Gasteiger partial charge in [-0.15, -0.1) is 0 Å². The monoisotopic (exact) mass is 386 g/mol. The molecule has 0 amide bonds. The summed E-state index contributed by atoms with van der Waals surface area (Å²) in [7, 11) is 0. The van der Waals surface area contributed by atoms with Crippen molar-refractivity contribution < 1.29 is 14.6 Å². The van der Waals surface area contributed by atoms with Crippen LogP contribution in [0.4, 0.5) is 0 Å². The molecule has 0 aliphatic rings. The minimum atomic E-state index is -1.05. The molecule has 104 valence electrons. The normalized spacial score (nSPS) is 10.2. The number of para-hydroxylation sites is 1. The first-order valence-electron chi connectivity index (χ1n) is 5.74. The molecule has 1 heterocycles. The van der Waals surface area contributed by atoms with E-state index in [1.54, 1.807) is 18.2 Å². The summed E-state index contributed by atoms with van der Waals surface area (Å²) in [6.07, 6.45) is 2.91. The van der Waals surface area contributed by atoms with E-state index in [4.69, 9.17) is 9.84 Å². The minimum absolute atomic E-state index is 0.0978. The van der Waals surface area contributed by atoms with Crippen LogP contribution in [0, 0.1) is 3.57 Å². The first kappa shape index (κ1) is 14.5. The van der Waals surface area contributed by atoms with Crippen LogP contribution in [0.15, 0.2) is 41.6 Å². The summed E-state index contributed by atoms with van der Waals surface area (Å²) in [5.74, 6) is -0.764. The van der Waals surface area contributed by atoms with Crippen molar-refractivity contribution >= 4 is 28.6 Å². The molecule has 0 saturated heterocycles. The zero-order chi connectivity index (χ0) is 14.5. The van der Waals surface area contributed by atoms with Crippen molar-refractivity contribution in [2.24, 2.45) is 0 Å². The lowest BCUT2D eigenvalue weighted by Crippen LogP contribution is -2.25. The second-order valence-electron chi connectivity index (χ2n) is 3.89. The molecule has 1 aromatic heterocycles. The maximum Gasteiger partial charge on any atom is 0.339 e. The van der Waals surface area contributed by atoms with Crippen LogP contribution in [0.1, 0.15) is 10.4 Å². The molecule has 7 heteroatoms. The Morgan fingerprint density at radius 2 is 2.15 bits per heavy atom. The number of halogens is 1. The number of hydrogen-bond donors (Lipinski definition) is 1. The molecule has 0 aliphatic heterocycles. The fourth-order valence-electron chi connectivity index (χ4n) is 1.61. The van der Waals surface area contributed by atoms with Crippen molar-refractivity contribution in [1.82, 2.24) is 9.55 Å². The summed E-state index contributed by atoms with van der Waals surface area (Å²) in [5, 5.41) is 9.02. The number of hydrogen-bond acceptors (Lipinski definition) is 4. The van der Waals surface area contributed by atoms with Crippen molar-refractivity contribution in [3.63, 3.8) is 0 Å². The van der Waals surface area contributed by atoms with Crippen molar-refractivity contribution in [3.05, 3.63) is 56.3 Å². The quantitative estimate of drug-likeness (QED) is 0.791. The lowest BCUT2D eigenvalue weighted by molar-refractivity contribution is 0.0692. The summed E-state index contributed by atoms with van der Waals surface area (Å²) < 4.78 is 7.37. The van der Waals surface area contributed by atoms with E-state index in [1.165, 1.54) is 23.2 Å². The second kappa shape index (κ2) is 6.51. The zero-order valence-electron chi connectivity index (χ0n) is 10.3. The van der Waals surface area contributed by atoms with Gasteiger partial charge in [-0.05, 0) is 34.7 Å². The van der Waals surface area contributed by atoms with Gasteiger partial charge in [0.15, 0.2) is 0 Å². The third-order valence-corrected chi connectivity index (χ3v) is 3.31. The number of nitrogens with zero attached hydrogens (tertiary/aromatic N) is 2. The number of ether oxygens (including phenoxy) is 1. The molecule has 0 aliphatic carbocycles. The third-order valence-electron chi connectivity index (χ3n) is 2.57. The van der Waals surface area contributed by atoms with Gasteiger partial charge in [-0.2, -0.15) is 0 Å². The van der Waals surface area contributed by atoms with Gasteiger partial charge in [0, 0.05) is 6.20 Å². The summed E-state index contributed by atoms with van der Waals surface area (Å²) in [4.78, 5) is 26.7. The van der Waals surface area contributed by atoms with Gasteiger partial charge >= 0.3 is 5.97 Å². The molecule has 6 nitrogen and oxygen atoms in total. The van der Waals surface area contributed by atoms with E-state index in [0.717, 1.165) is 0 Å². The maximum atomic E-state index is 11.8. The molecule has 0 saturated carbocycles. The van der Waals surface area contributed by atoms with E-state index in [-0.39, 0.29) is 23.5 Å². The highest BCUT2D eigenvalue weighted by Crippen LogP contribution is 2.17. The Kier molecular flexibility index (Phi) is 4.72. The molecule has 1 N–H and O–H groups in total. The van der Waals surface area contributed by atoms with Crippen LogP contribution in [0.3, 0.4) is 0 Å². The number of carboxylic acids is 1. The molecule has 0 radical (unpaired) electrons. The van der Waals surface area contributed by atoms with Gasteiger partial charge in [-0.25, -0.2) is 9.78 Å². The molecule has 2 aromatic rings. The summed E-state index contributed by atoms with van der Waals surface area (Å²) in [5.41, 5.74) is -0.0451. The Labute approximate surface area is 128 Å². The van der Waals surface area contributed by atoms with Crippen LogP contribution >= 0.6 is 22.6 Å². The summed E-state index contributed by atoms with van der Waals surface area (Å²) in [6, 6.07) is 6.38. The summed E-state index contributed by atoms with van der Waals surface area (Å²) in [6.45, 7) is 0.489. The number of aromatic nitrogens is 2. The highest BCUT2D eigenvalue weighted by atomic mass is 127. The number of carboxylic acid groups (broad SMARTS) is 1. The van der Waals surface area contributed by atoms with Crippen molar-refractivity contribution in [1.29, 1.82) is 0 Å². The lowest BCUT2D eigenvalue weighted by atomic mass is 10.2. The highest BCUT2D eigenvalue weighted by Gasteiger charge is 2.10. The largest absolute Gasteiger partial charge is 0.491 e. The predicted octanol–water partition coefficient (Wildman–Crippen LogP) is 1.63. The number of benzene rings is 1. The molecule has 1 aromatic carbocycles. The summed E-state index contributed by atoms with van der Waals surface area (Å²) >= 11 is 1.91. The Bertz CT molecular complexity index is 684. The van der Waals surface area contributed by atoms with Crippen LogP contribution < -0.4 is 10.3 Å². The number of rotatable bonds is 5. The van der Waals surface area contributed by atoms with E-state index >= 15 is 0 Å². The SMILES string of the molecule is O=C(O)c1ccccc1OCCn1cncc(I)c1=O. The van der Waals surface area contributed by atoms with E-state index in [2.05, 4.69) is 4.98 Å². The minimum Gasteiger partial charge on any atom is -0.491 e. The van der Waals surface area contributed by atoms with Crippen LogP contribution in [-0.4, -0.2) is 27.2 Å². The second-order valence-corrected chi connectivity index (χ2v) is 5.05. The fraction of sp³-hybridized carbons (Fsp3) is 0.154. The van der Waals surface area contributed by atoms with Crippen LogP contribution in [0.2, 0.25) is 0 Å². The molecule has 0 bridgehead atoms. The van der Waals surface area contributed by atoms with Crippen LogP contribution in [-0.2, 0) is 6.54 Å². The van der Waals surface area contributed by atoms with Gasteiger partial charge in [-0.3, -0.25) is 9.36 Å². The van der Waals surface area contributed by atoms with Gasteiger partial charge < -0.3 is 9.84 Å². The maximum absolute atomic E-state index is 11.8. The first-order chi connectivity index (χ1) is 9.59. The molecule has 0 atom stereocenters. The number of carbonyl (C=O) groups is 1. The lowest BCUT2D eigenvalue weighted by Gasteiger charge is -2.10. The van der Waals surface area contributed by atoms with Crippen molar-refractivity contribution in [3.8, 4) is 5.75 Å². The van der Waals surface area contributed by atoms with Crippen LogP contribution in [0.5, 0.6) is 5.75 Å². The molecule has 0 unspecified atom stereocenters. The standard InChI is InChI=1S/C13H11IN2O4/c14-10-7-15-8-16(12(10)17)5-6-20-11-4-2-1-3-9(11)13(18)19/h1-4,7-8H,5-6H2,(H,18,19). The molecule has 2 rings (SSSR count). The average molecular weight is 386 g/mol. The molecular weight excluding hydrogens is 375 g/mol. The van der Waals surface area contributed by atoms with E-state index in [1.807, 2.05) is 22.6 Å². The smallest absolute Gasteiger partial charge is 0.339 e. The Morgan fingerprint density at radius 3 is 2.90 bits per heavy atom. The van der Waals surface area contributed by atoms with Crippen LogP contribution in [0.25, 0.3) is 0 Å².